The molecule has 1 saturated carbocycles. The van der Waals surface area contributed by atoms with Crippen molar-refractivity contribution in [2.75, 3.05) is 5.73 Å². The molecular weight excluding hydrogens is 352 g/mol. The number of halogens is 1. The van der Waals surface area contributed by atoms with Crippen LogP contribution in [0.3, 0.4) is 0 Å². The Morgan fingerprint density at radius 1 is 1.29 bits per heavy atom. The second-order valence-corrected chi connectivity index (χ2v) is 9.28. The summed E-state index contributed by atoms with van der Waals surface area (Å²) in [6.07, 6.45) is 3.85. The number of sulfonamides is 1. The fourth-order valence-corrected chi connectivity index (χ4v) is 4.99. The van der Waals surface area contributed by atoms with Gasteiger partial charge in [-0.05, 0) is 55.7 Å². The molecule has 2 rings (SSSR count). The Hall–Kier alpha value is -0.590. The zero-order valence-electron chi connectivity index (χ0n) is 12.7. The van der Waals surface area contributed by atoms with Gasteiger partial charge in [0.1, 0.15) is 0 Å². The van der Waals surface area contributed by atoms with Crippen molar-refractivity contribution < 1.29 is 8.42 Å². The summed E-state index contributed by atoms with van der Waals surface area (Å²) >= 11 is 3.31. The Kier molecular flexibility index (Phi) is 4.71. The van der Waals surface area contributed by atoms with Crippen molar-refractivity contribution in [2.24, 2.45) is 5.41 Å². The molecule has 118 valence electrons. The van der Waals surface area contributed by atoms with Crippen LogP contribution in [0, 0.1) is 12.3 Å². The summed E-state index contributed by atoms with van der Waals surface area (Å²) in [4.78, 5) is 0.263. The first-order chi connectivity index (χ1) is 9.61. The maximum atomic E-state index is 12.6. The zero-order valence-corrected chi connectivity index (χ0v) is 15.1. The summed E-state index contributed by atoms with van der Waals surface area (Å²) < 4.78 is 28.7. The van der Waals surface area contributed by atoms with Crippen LogP contribution in [-0.2, 0) is 10.0 Å². The van der Waals surface area contributed by atoms with E-state index in [4.69, 9.17) is 5.73 Å². The number of nitrogens with two attached hydrogens (primary N) is 1. The Morgan fingerprint density at radius 3 is 2.43 bits per heavy atom. The third kappa shape index (κ3) is 3.99. The molecule has 0 heterocycles. The van der Waals surface area contributed by atoms with Gasteiger partial charge in [0.2, 0.25) is 10.0 Å². The van der Waals surface area contributed by atoms with Crippen molar-refractivity contribution in [1.82, 2.24) is 4.72 Å². The van der Waals surface area contributed by atoms with Crippen LogP contribution in [0.25, 0.3) is 0 Å². The number of nitrogen functional groups attached to an aromatic ring is 1. The van der Waals surface area contributed by atoms with Gasteiger partial charge in [-0.25, -0.2) is 13.1 Å². The number of anilines is 1. The molecule has 4 nitrogen and oxygen atoms in total. The lowest BCUT2D eigenvalue weighted by Crippen LogP contribution is -2.39. The van der Waals surface area contributed by atoms with Gasteiger partial charge in [-0.1, -0.05) is 29.8 Å². The third-order valence-corrected chi connectivity index (χ3v) is 6.42. The molecular formula is C15H23BrN2O2S. The molecule has 1 aliphatic rings. The predicted molar refractivity (Wildman–Crippen MR) is 89.6 cm³/mol. The molecule has 0 saturated heterocycles. The largest absolute Gasteiger partial charge is 0.398 e. The third-order valence-electron chi connectivity index (χ3n) is 4.32. The van der Waals surface area contributed by atoms with Gasteiger partial charge in [0, 0.05) is 16.2 Å². The molecule has 1 aliphatic carbocycles. The van der Waals surface area contributed by atoms with Gasteiger partial charge in [0.15, 0.2) is 0 Å². The fraction of sp³-hybridized carbons (Fsp3) is 0.600. The monoisotopic (exact) mass is 374 g/mol. The average Bonchev–Trinajstić information content (AvgIpc) is 2.36. The number of rotatable bonds is 3. The molecule has 1 aromatic carbocycles. The standard InChI is InChI=1S/C15H23BrN2O2S/c1-10-13(17)8-11(16)9-14(10)21(19,20)18-12-4-6-15(2,3)7-5-12/h8-9,12,18H,4-7,17H2,1-3H3. The van der Waals surface area contributed by atoms with Crippen molar-refractivity contribution in [3.63, 3.8) is 0 Å². The molecule has 0 aromatic heterocycles. The van der Waals surface area contributed by atoms with Crippen LogP contribution in [0.15, 0.2) is 21.5 Å². The second-order valence-electron chi connectivity index (χ2n) is 6.68. The van der Waals surface area contributed by atoms with E-state index in [-0.39, 0.29) is 10.9 Å². The van der Waals surface area contributed by atoms with Crippen molar-refractivity contribution in [3.8, 4) is 0 Å². The SMILES string of the molecule is Cc1c(N)cc(Br)cc1S(=O)(=O)NC1CCC(C)(C)CC1. The van der Waals surface area contributed by atoms with E-state index >= 15 is 0 Å². The van der Waals surface area contributed by atoms with E-state index in [2.05, 4.69) is 34.5 Å². The maximum Gasteiger partial charge on any atom is 0.241 e. The van der Waals surface area contributed by atoms with Crippen molar-refractivity contribution in [2.45, 2.75) is 57.4 Å². The van der Waals surface area contributed by atoms with Gasteiger partial charge in [-0.3, -0.25) is 0 Å². The van der Waals surface area contributed by atoms with Gasteiger partial charge >= 0.3 is 0 Å². The highest BCUT2D eigenvalue weighted by atomic mass is 79.9. The fourth-order valence-electron chi connectivity index (χ4n) is 2.75. The minimum atomic E-state index is -3.53. The lowest BCUT2D eigenvalue weighted by molar-refractivity contribution is 0.218. The minimum absolute atomic E-state index is 0.0163. The summed E-state index contributed by atoms with van der Waals surface area (Å²) in [5, 5.41) is 0. The number of hydrogen-bond donors (Lipinski definition) is 2. The highest BCUT2D eigenvalue weighted by Gasteiger charge is 2.30. The zero-order chi connectivity index (χ0) is 15.8. The molecule has 0 aliphatic heterocycles. The van der Waals surface area contributed by atoms with Crippen LogP contribution in [0.1, 0.15) is 45.1 Å². The van der Waals surface area contributed by atoms with E-state index in [1.807, 2.05) is 0 Å². The smallest absolute Gasteiger partial charge is 0.241 e. The summed E-state index contributed by atoms with van der Waals surface area (Å²) in [7, 11) is -3.53. The number of benzene rings is 1. The van der Waals surface area contributed by atoms with Gasteiger partial charge in [0.25, 0.3) is 0 Å². The first-order valence-corrected chi connectivity index (χ1v) is 9.46. The van der Waals surface area contributed by atoms with Gasteiger partial charge < -0.3 is 5.73 Å². The lowest BCUT2D eigenvalue weighted by atomic mass is 9.76. The molecule has 0 spiro atoms. The second kappa shape index (κ2) is 5.89. The molecule has 1 fully saturated rings. The summed E-state index contributed by atoms with van der Waals surface area (Å²) in [5.41, 5.74) is 7.26. The normalized spacial score (nSPS) is 19.6. The topological polar surface area (TPSA) is 72.2 Å². The highest BCUT2D eigenvalue weighted by Crippen LogP contribution is 2.36. The maximum absolute atomic E-state index is 12.6. The Balaban J connectivity index is 2.20. The first kappa shape index (κ1) is 16.8. The van der Waals surface area contributed by atoms with E-state index < -0.39 is 10.0 Å². The molecule has 6 heteroatoms. The molecule has 1 aromatic rings. The van der Waals surface area contributed by atoms with Crippen molar-refractivity contribution >= 4 is 31.6 Å². The first-order valence-electron chi connectivity index (χ1n) is 7.19. The minimum Gasteiger partial charge on any atom is -0.398 e. The molecule has 0 atom stereocenters. The van der Waals surface area contributed by atoms with Gasteiger partial charge in [-0.15, -0.1) is 0 Å². The molecule has 0 amide bonds. The summed E-state index contributed by atoms with van der Waals surface area (Å²) in [6.45, 7) is 6.20. The average molecular weight is 375 g/mol. The quantitative estimate of drug-likeness (QED) is 0.793. The number of nitrogens with one attached hydrogen (secondary N) is 1. The van der Waals surface area contributed by atoms with E-state index in [0.717, 1.165) is 25.7 Å². The molecule has 0 radical (unpaired) electrons. The molecule has 3 N–H and O–H groups in total. The van der Waals surface area contributed by atoms with Crippen LogP contribution in [0.2, 0.25) is 0 Å². The Labute approximate surface area is 135 Å². The van der Waals surface area contributed by atoms with Crippen molar-refractivity contribution in [1.29, 1.82) is 0 Å². The Morgan fingerprint density at radius 2 is 1.86 bits per heavy atom. The van der Waals surface area contributed by atoms with E-state index in [1.54, 1.807) is 19.1 Å². The highest BCUT2D eigenvalue weighted by molar-refractivity contribution is 9.10. The van der Waals surface area contributed by atoms with Crippen LogP contribution in [0.5, 0.6) is 0 Å². The summed E-state index contributed by atoms with van der Waals surface area (Å²) in [5.74, 6) is 0. The molecule has 0 unspecified atom stereocenters. The van der Waals surface area contributed by atoms with Gasteiger partial charge in [-0.2, -0.15) is 0 Å². The van der Waals surface area contributed by atoms with E-state index in [9.17, 15) is 8.42 Å². The van der Waals surface area contributed by atoms with Crippen LogP contribution < -0.4 is 10.5 Å². The van der Waals surface area contributed by atoms with Crippen LogP contribution >= 0.6 is 15.9 Å². The number of hydrogen-bond acceptors (Lipinski definition) is 3. The van der Waals surface area contributed by atoms with Gasteiger partial charge in [0.05, 0.1) is 4.90 Å². The predicted octanol–water partition coefficient (Wildman–Crippen LogP) is 3.59. The van der Waals surface area contributed by atoms with Crippen LogP contribution in [-0.4, -0.2) is 14.5 Å². The summed E-state index contributed by atoms with van der Waals surface area (Å²) in [6, 6.07) is 3.35. The molecule has 21 heavy (non-hydrogen) atoms. The van der Waals surface area contributed by atoms with E-state index in [0.29, 0.717) is 21.1 Å². The molecule has 0 bridgehead atoms. The lowest BCUT2D eigenvalue weighted by Gasteiger charge is -2.34. The van der Waals surface area contributed by atoms with E-state index in [1.165, 1.54) is 0 Å². The van der Waals surface area contributed by atoms with Crippen LogP contribution in [0.4, 0.5) is 5.69 Å². The van der Waals surface area contributed by atoms with Crippen molar-refractivity contribution in [3.05, 3.63) is 22.2 Å². The Bertz CT molecular complexity index is 631.